The number of esters is 1. The average Bonchev–Trinajstić information content (AvgIpc) is 3.36. The zero-order valence-electron chi connectivity index (χ0n) is 25.9. The molecule has 1 aromatic rings. The predicted octanol–water partition coefficient (Wildman–Crippen LogP) is 2.21. The van der Waals surface area contributed by atoms with Crippen LogP contribution in [0.1, 0.15) is 85.1 Å². The van der Waals surface area contributed by atoms with Crippen LogP contribution in [0.2, 0.25) is 0 Å². The first-order chi connectivity index (χ1) is 20.3. The summed E-state index contributed by atoms with van der Waals surface area (Å²) in [6.45, 7) is 8.53. The zero-order valence-corrected chi connectivity index (χ0v) is 25.9. The number of ether oxygens (including phenoxy) is 1. The van der Waals surface area contributed by atoms with Crippen molar-refractivity contribution in [2.75, 3.05) is 6.54 Å². The smallest absolute Gasteiger partial charge is 0.303 e. The first-order valence-electron chi connectivity index (χ1n) is 15.3. The van der Waals surface area contributed by atoms with E-state index in [0.29, 0.717) is 38.6 Å². The minimum Gasteiger partial charge on any atom is -0.455 e. The summed E-state index contributed by atoms with van der Waals surface area (Å²) in [6.07, 6.45) is 2.36. The molecule has 2 saturated heterocycles. The van der Waals surface area contributed by atoms with Crippen LogP contribution in [0.25, 0.3) is 0 Å². The molecule has 11 heteroatoms. The number of amides is 4. The van der Waals surface area contributed by atoms with Crippen molar-refractivity contribution in [1.29, 1.82) is 0 Å². The molecule has 2 fully saturated rings. The molecule has 3 rings (SSSR count). The Labute approximate surface area is 253 Å². The summed E-state index contributed by atoms with van der Waals surface area (Å²) in [5.41, 5.74) is -0.447. The summed E-state index contributed by atoms with van der Waals surface area (Å²) in [5, 5.41) is 8.63. The quantitative estimate of drug-likeness (QED) is 0.261. The second-order valence-corrected chi connectivity index (χ2v) is 12.1. The maximum absolute atomic E-state index is 13.9. The van der Waals surface area contributed by atoms with Crippen molar-refractivity contribution >= 4 is 35.4 Å². The van der Waals surface area contributed by atoms with Gasteiger partial charge in [-0.1, -0.05) is 57.0 Å². The number of nitrogens with zero attached hydrogens (tertiary/aromatic N) is 1. The van der Waals surface area contributed by atoms with Gasteiger partial charge >= 0.3 is 5.97 Å². The molecular weight excluding hydrogens is 552 g/mol. The number of fused-ring (bicyclic) bond motifs is 1. The minimum absolute atomic E-state index is 0.0676. The van der Waals surface area contributed by atoms with Gasteiger partial charge in [0.1, 0.15) is 23.7 Å². The lowest BCUT2D eigenvalue weighted by Crippen LogP contribution is -2.65. The lowest BCUT2D eigenvalue weighted by atomic mass is 9.94. The van der Waals surface area contributed by atoms with Crippen molar-refractivity contribution in [3.05, 3.63) is 35.9 Å². The number of ketones is 1. The van der Waals surface area contributed by atoms with Gasteiger partial charge in [0.25, 0.3) is 0 Å². The molecule has 0 radical (unpaired) electrons. The highest BCUT2D eigenvalue weighted by Gasteiger charge is 2.44. The fourth-order valence-corrected chi connectivity index (χ4v) is 5.65. The molecule has 0 bridgehead atoms. The van der Waals surface area contributed by atoms with E-state index in [9.17, 15) is 28.8 Å². The zero-order chi connectivity index (χ0) is 31.7. The van der Waals surface area contributed by atoms with Gasteiger partial charge in [0.05, 0.1) is 0 Å². The number of nitrogens with one attached hydrogen (secondary N) is 3. The van der Waals surface area contributed by atoms with Crippen molar-refractivity contribution in [1.82, 2.24) is 20.9 Å². The number of carbonyl (C=O) groups excluding carboxylic acids is 6. The molecular formula is C32H46N4O7. The van der Waals surface area contributed by atoms with Crippen LogP contribution < -0.4 is 16.0 Å². The molecule has 1 unspecified atom stereocenters. The van der Waals surface area contributed by atoms with Gasteiger partial charge in [0.2, 0.25) is 23.6 Å². The lowest BCUT2D eigenvalue weighted by molar-refractivity contribution is -0.151. The molecule has 4 amide bonds. The fraction of sp³-hybridized carbons (Fsp3) is 0.625. The summed E-state index contributed by atoms with van der Waals surface area (Å²) < 4.78 is 4.93. The highest BCUT2D eigenvalue weighted by molar-refractivity contribution is 5.99. The predicted molar refractivity (Wildman–Crippen MR) is 159 cm³/mol. The highest BCUT2D eigenvalue weighted by Crippen LogP contribution is 2.26. The van der Waals surface area contributed by atoms with Gasteiger partial charge in [0.15, 0.2) is 11.9 Å². The largest absolute Gasteiger partial charge is 0.455 e. The van der Waals surface area contributed by atoms with E-state index in [2.05, 4.69) is 16.0 Å². The summed E-state index contributed by atoms with van der Waals surface area (Å²) in [4.78, 5) is 79.6. The van der Waals surface area contributed by atoms with Gasteiger partial charge in [0, 0.05) is 26.3 Å². The third kappa shape index (κ3) is 9.11. The van der Waals surface area contributed by atoms with Crippen molar-refractivity contribution in [2.45, 2.75) is 116 Å². The number of carbonyl (C=O) groups is 6. The van der Waals surface area contributed by atoms with E-state index >= 15 is 0 Å². The van der Waals surface area contributed by atoms with E-state index in [1.54, 1.807) is 18.7 Å². The van der Waals surface area contributed by atoms with Gasteiger partial charge < -0.3 is 25.6 Å². The van der Waals surface area contributed by atoms with E-state index in [0.717, 1.165) is 5.56 Å². The normalized spacial score (nSPS) is 27.1. The number of Topliss-reactive ketones (excluding diaryl/α,β-unsaturated/α-hetero) is 1. The average molecular weight is 599 g/mol. The lowest BCUT2D eigenvalue weighted by Gasteiger charge is -2.36. The highest BCUT2D eigenvalue weighted by atomic mass is 16.5. The minimum atomic E-state index is -1.31. The molecule has 2 aliphatic rings. The van der Waals surface area contributed by atoms with Crippen molar-refractivity contribution in [3.63, 3.8) is 0 Å². The van der Waals surface area contributed by atoms with E-state index in [-0.39, 0.29) is 36.9 Å². The van der Waals surface area contributed by atoms with Crippen LogP contribution in [-0.2, 0) is 39.9 Å². The third-order valence-electron chi connectivity index (χ3n) is 8.43. The van der Waals surface area contributed by atoms with Gasteiger partial charge in [-0.25, -0.2) is 0 Å². The van der Waals surface area contributed by atoms with E-state index < -0.39 is 53.5 Å². The first-order valence-corrected chi connectivity index (χ1v) is 15.3. The molecule has 11 nitrogen and oxygen atoms in total. The number of rotatable bonds is 11. The van der Waals surface area contributed by atoms with Gasteiger partial charge in [-0.05, 0) is 51.0 Å². The Kier molecular flexibility index (Phi) is 11.9. The molecule has 2 aliphatic heterocycles. The Morgan fingerprint density at radius 2 is 1.72 bits per heavy atom. The Bertz CT molecular complexity index is 1190. The summed E-state index contributed by atoms with van der Waals surface area (Å²) in [6, 6.07) is 6.79. The number of benzene rings is 1. The second-order valence-electron chi connectivity index (χ2n) is 12.1. The van der Waals surface area contributed by atoms with Crippen LogP contribution in [0.5, 0.6) is 0 Å². The topological polar surface area (TPSA) is 151 Å². The van der Waals surface area contributed by atoms with Crippen LogP contribution in [0.3, 0.4) is 0 Å². The number of hydrogen-bond donors (Lipinski definition) is 3. The van der Waals surface area contributed by atoms with E-state index in [1.165, 1.54) is 13.8 Å². The van der Waals surface area contributed by atoms with Crippen LogP contribution in [0.4, 0.5) is 0 Å². The van der Waals surface area contributed by atoms with Gasteiger partial charge in [-0.3, -0.25) is 28.8 Å². The molecule has 1 aromatic carbocycles. The molecule has 0 aromatic heterocycles. The second kappa shape index (κ2) is 15.1. The summed E-state index contributed by atoms with van der Waals surface area (Å²) in [5.74, 6) is -2.28. The van der Waals surface area contributed by atoms with Crippen molar-refractivity contribution in [2.24, 2.45) is 5.92 Å². The van der Waals surface area contributed by atoms with E-state index in [1.807, 2.05) is 37.3 Å². The molecule has 2 heterocycles. The van der Waals surface area contributed by atoms with Crippen LogP contribution in [-0.4, -0.2) is 76.6 Å². The van der Waals surface area contributed by atoms with Gasteiger partial charge in [-0.15, -0.1) is 0 Å². The summed E-state index contributed by atoms with van der Waals surface area (Å²) >= 11 is 0. The molecule has 0 aliphatic carbocycles. The van der Waals surface area contributed by atoms with E-state index in [4.69, 9.17) is 4.74 Å². The Balaban J connectivity index is 1.78. The van der Waals surface area contributed by atoms with Crippen LogP contribution in [0, 0.1) is 5.92 Å². The van der Waals surface area contributed by atoms with Gasteiger partial charge in [-0.2, -0.15) is 0 Å². The summed E-state index contributed by atoms with van der Waals surface area (Å²) in [7, 11) is 0. The van der Waals surface area contributed by atoms with Crippen molar-refractivity contribution < 1.29 is 33.5 Å². The number of unbranched alkanes of at least 4 members (excludes halogenated alkanes) is 2. The first kappa shape index (κ1) is 33.7. The molecule has 0 spiro atoms. The Morgan fingerprint density at radius 3 is 2.37 bits per heavy atom. The third-order valence-corrected chi connectivity index (χ3v) is 8.43. The van der Waals surface area contributed by atoms with Crippen molar-refractivity contribution in [3.8, 4) is 0 Å². The molecule has 0 saturated carbocycles. The molecule has 43 heavy (non-hydrogen) atoms. The Morgan fingerprint density at radius 1 is 1.02 bits per heavy atom. The van der Waals surface area contributed by atoms with Crippen LogP contribution >= 0.6 is 0 Å². The standard InChI is InChI=1S/C32H46N4O7/c1-6-32(5)31(42)34-25(18-23-13-9-7-10-14-23)30(41)36-19-20(2)17-26(36)29(40)33-24(28(39)35-32)15-11-8-12-16-27(38)21(3)43-22(4)37/h7,9-10,13-14,20-21,24-26H,6,8,11-12,15-19H2,1-5H3,(H,33,40)(H,34,42)(H,35,39)/t20-,21-,24-,25?,26+,32+/m0/s1. The maximum Gasteiger partial charge on any atom is 0.303 e. The molecule has 6 atom stereocenters. The molecule has 3 N–H and O–H groups in total. The fourth-order valence-electron chi connectivity index (χ4n) is 5.65. The monoisotopic (exact) mass is 598 g/mol. The molecule has 236 valence electrons. The number of hydrogen-bond acceptors (Lipinski definition) is 7. The SMILES string of the molecule is CC[C@@]1(C)NC(=O)[C@H](CCCCCC(=O)[C@H](C)OC(C)=O)NC(=O)[C@H]2C[C@H](C)CN2C(=O)C(Cc2ccccc2)NC1=O. The Hall–Kier alpha value is -3.76. The maximum atomic E-state index is 13.9. The van der Waals surface area contributed by atoms with Crippen LogP contribution in [0.15, 0.2) is 30.3 Å².